The Hall–Kier alpha value is -0.770. The topological polar surface area (TPSA) is 50.4 Å². The van der Waals surface area contributed by atoms with Crippen molar-refractivity contribution in [1.29, 1.82) is 0 Å². The molecule has 0 aromatic rings. The van der Waals surface area contributed by atoms with Crippen LogP contribution in [-0.4, -0.2) is 30.8 Å². The second kappa shape index (κ2) is 10.1. The van der Waals surface area contributed by atoms with Gasteiger partial charge in [0, 0.05) is 19.1 Å². The number of carbonyl (C=O) groups excluding carboxylic acids is 1. The van der Waals surface area contributed by atoms with Crippen molar-refractivity contribution in [3.05, 3.63) is 0 Å². The lowest BCUT2D eigenvalue weighted by Gasteiger charge is -2.21. The van der Waals surface area contributed by atoms with E-state index in [2.05, 4.69) is 24.5 Å². The average Bonchev–Trinajstić information content (AvgIpc) is 2.29. The highest BCUT2D eigenvalue weighted by Gasteiger charge is 2.15. The first-order chi connectivity index (χ1) is 8.89. The van der Waals surface area contributed by atoms with Gasteiger partial charge < -0.3 is 15.4 Å². The van der Waals surface area contributed by atoms with Gasteiger partial charge in [-0.15, -0.1) is 0 Å². The molecule has 0 aromatic heterocycles. The molecule has 0 saturated carbocycles. The molecule has 2 N–H and O–H groups in total. The minimum atomic E-state index is -0.427. The predicted octanol–water partition coefficient (Wildman–Crippen LogP) is 3.46. The molecule has 4 heteroatoms. The van der Waals surface area contributed by atoms with Gasteiger partial charge in [0.15, 0.2) is 0 Å². The molecule has 0 aliphatic carbocycles. The van der Waals surface area contributed by atoms with Crippen molar-refractivity contribution >= 4 is 6.09 Å². The van der Waals surface area contributed by atoms with Crippen LogP contribution in [0.1, 0.15) is 66.7 Å². The van der Waals surface area contributed by atoms with Gasteiger partial charge in [-0.25, -0.2) is 4.79 Å². The van der Waals surface area contributed by atoms with E-state index in [1.807, 2.05) is 20.8 Å². The van der Waals surface area contributed by atoms with Crippen molar-refractivity contribution in [2.75, 3.05) is 13.1 Å². The first-order valence-corrected chi connectivity index (χ1v) is 7.59. The summed E-state index contributed by atoms with van der Waals surface area (Å²) in [5.74, 6) is 0. The number of amides is 1. The van der Waals surface area contributed by atoms with Crippen molar-refractivity contribution in [1.82, 2.24) is 10.6 Å². The molecule has 0 heterocycles. The number of carbonyl (C=O) groups is 1. The lowest BCUT2D eigenvalue weighted by molar-refractivity contribution is 0.0528. The molecule has 1 amide bonds. The highest BCUT2D eigenvalue weighted by molar-refractivity contribution is 5.67. The molecule has 0 aromatic carbocycles. The number of hydrogen-bond donors (Lipinski definition) is 2. The Kier molecular flexibility index (Phi) is 9.66. The van der Waals surface area contributed by atoms with E-state index in [0.717, 1.165) is 6.54 Å². The van der Waals surface area contributed by atoms with Crippen molar-refractivity contribution in [3.8, 4) is 0 Å². The van der Waals surface area contributed by atoms with Crippen LogP contribution >= 0.6 is 0 Å². The first-order valence-electron chi connectivity index (χ1n) is 7.59. The van der Waals surface area contributed by atoms with Gasteiger partial charge in [-0.3, -0.25) is 0 Å². The molecule has 114 valence electrons. The van der Waals surface area contributed by atoms with Gasteiger partial charge in [-0.05, 0) is 33.6 Å². The van der Waals surface area contributed by atoms with Crippen LogP contribution in [0, 0.1) is 0 Å². The van der Waals surface area contributed by atoms with Gasteiger partial charge >= 0.3 is 6.09 Å². The molecule has 1 unspecified atom stereocenters. The van der Waals surface area contributed by atoms with Crippen LogP contribution in [0.5, 0.6) is 0 Å². The summed E-state index contributed by atoms with van der Waals surface area (Å²) >= 11 is 0. The lowest BCUT2D eigenvalue weighted by Crippen LogP contribution is -2.39. The molecule has 0 spiro atoms. The summed E-state index contributed by atoms with van der Waals surface area (Å²) in [6, 6.07) is 0.574. The summed E-state index contributed by atoms with van der Waals surface area (Å²) in [6.45, 7) is 11.4. The zero-order chi connectivity index (χ0) is 14.7. The number of rotatable bonds is 9. The molecule has 0 saturated heterocycles. The van der Waals surface area contributed by atoms with Crippen molar-refractivity contribution in [2.24, 2.45) is 0 Å². The highest BCUT2D eigenvalue weighted by atomic mass is 16.6. The largest absolute Gasteiger partial charge is 0.444 e. The summed E-state index contributed by atoms with van der Waals surface area (Å²) in [5, 5.41) is 6.27. The maximum atomic E-state index is 11.4. The maximum Gasteiger partial charge on any atom is 0.407 e. The summed E-state index contributed by atoms with van der Waals surface area (Å²) in [6.07, 6.45) is 5.77. The fraction of sp³-hybridized carbons (Fsp3) is 0.933. The van der Waals surface area contributed by atoms with Gasteiger partial charge in [-0.1, -0.05) is 33.1 Å². The van der Waals surface area contributed by atoms with Crippen molar-refractivity contribution in [3.63, 3.8) is 0 Å². The van der Waals surface area contributed by atoms with Gasteiger partial charge in [0.25, 0.3) is 0 Å². The molecule has 0 fully saturated rings. The Morgan fingerprint density at radius 3 is 2.32 bits per heavy atom. The second-order valence-electron chi connectivity index (χ2n) is 6.01. The Morgan fingerprint density at radius 1 is 1.11 bits per heavy atom. The summed E-state index contributed by atoms with van der Waals surface area (Å²) in [7, 11) is 0. The van der Waals surface area contributed by atoms with Gasteiger partial charge in [0.1, 0.15) is 5.60 Å². The SMILES string of the molecule is CCCCC(CCC)NCCNC(=O)OC(C)(C)C. The van der Waals surface area contributed by atoms with Crippen LogP contribution in [-0.2, 0) is 4.74 Å². The van der Waals surface area contributed by atoms with Gasteiger partial charge in [-0.2, -0.15) is 0 Å². The van der Waals surface area contributed by atoms with Crippen LogP contribution in [0.25, 0.3) is 0 Å². The molecule has 0 aliphatic heterocycles. The average molecular weight is 272 g/mol. The number of hydrogen-bond acceptors (Lipinski definition) is 3. The van der Waals surface area contributed by atoms with E-state index in [1.165, 1.54) is 32.1 Å². The number of unbranched alkanes of at least 4 members (excludes halogenated alkanes) is 1. The smallest absolute Gasteiger partial charge is 0.407 e. The highest BCUT2D eigenvalue weighted by Crippen LogP contribution is 2.07. The van der Waals surface area contributed by atoms with Crippen LogP contribution in [0.3, 0.4) is 0 Å². The zero-order valence-electron chi connectivity index (χ0n) is 13.3. The third kappa shape index (κ3) is 12.0. The Balaban J connectivity index is 3.72. The third-order valence-electron chi connectivity index (χ3n) is 2.77. The van der Waals surface area contributed by atoms with E-state index in [1.54, 1.807) is 0 Å². The Morgan fingerprint density at radius 2 is 1.79 bits per heavy atom. The number of nitrogens with one attached hydrogen (secondary N) is 2. The number of ether oxygens (including phenoxy) is 1. The van der Waals surface area contributed by atoms with Crippen LogP contribution in [0.4, 0.5) is 4.79 Å². The molecule has 0 aliphatic rings. The Labute approximate surface area is 118 Å². The fourth-order valence-corrected chi connectivity index (χ4v) is 1.90. The van der Waals surface area contributed by atoms with E-state index in [4.69, 9.17) is 4.74 Å². The minimum absolute atomic E-state index is 0.338. The van der Waals surface area contributed by atoms with E-state index in [-0.39, 0.29) is 6.09 Å². The van der Waals surface area contributed by atoms with Gasteiger partial charge in [0.05, 0.1) is 0 Å². The van der Waals surface area contributed by atoms with E-state index in [0.29, 0.717) is 12.6 Å². The standard InChI is InChI=1S/C15H32N2O2/c1-6-8-10-13(9-7-2)16-11-12-17-14(18)19-15(3,4)5/h13,16H,6-12H2,1-5H3,(H,17,18). The molecule has 0 rings (SSSR count). The fourth-order valence-electron chi connectivity index (χ4n) is 1.90. The summed E-state index contributed by atoms with van der Waals surface area (Å²) < 4.78 is 5.18. The van der Waals surface area contributed by atoms with Gasteiger partial charge in [0.2, 0.25) is 0 Å². The molecule has 1 atom stereocenters. The minimum Gasteiger partial charge on any atom is -0.444 e. The summed E-state index contributed by atoms with van der Waals surface area (Å²) in [5.41, 5.74) is -0.427. The first kappa shape index (κ1) is 18.2. The maximum absolute atomic E-state index is 11.4. The van der Waals surface area contributed by atoms with E-state index >= 15 is 0 Å². The number of alkyl carbamates (subject to hydrolysis) is 1. The third-order valence-corrected chi connectivity index (χ3v) is 2.77. The normalized spacial score (nSPS) is 13.1. The predicted molar refractivity (Wildman–Crippen MR) is 80.5 cm³/mol. The van der Waals surface area contributed by atoms with Crippen LogP contribution in [0.15, 0.2) is 0 Å². The van der Waals surface area contributed by atoms with E-state index < -0.39 is 5.60 Å². The van der Waals surface area contributed by atoms with Crippen molar-refractivity contribution < 1.29 is 9.53 Å². The Bertz CT molecular complexity index is 237. The second-order valence-corrected chi connectivity index (χ2v) is 6.01. The lowest BCUT2D eigenvalue weighted by atomic mass is 10.1. The molecule has 0 bridgehead atoms. The van der Waals surface area contributed by atoms with Crippen LogP contribution in [0.2, 0.25) is 0 Å². The zero-order valence-corrected chi connectivity index (χ0v) is 13.3. The monoisotopic (exact) mass is 272 g/mol. The summed E-state index contributed by atoms with van der Waals surface area (Å²) in [4.78, 5) is 11.4. The molecule has 19 heavy (non-hydrogen) atoms. The van der Waals surface area contributed by atoms with E-state index in [9.17, 15) is 4.79 Å². The molecular weight excluding hydrogens is 240 g/mol. The molecular formula is C15H32N2O2. The molecule has 0 radical (unpaired) electrons. The van der Waals surface area contributed by atoms with Crippen molar-refractivity contribution in [2.45, 2.75) is 78.4 Å². The molecule has 4 nitrogen and oxygen atoms in total. The van der Waals surface area contributed by atoms with Crippen LogP contribution < -0.4 is 10.6 Å². The quantitative estimate of drug-likeness (QED) is 0.632.